The lowest BCUT2D eigenvalue weighted by Crippen LogP contribution is -2.19. The van der Waals surface area contributed by atoms with E-state index in [9.17, 15) is 8.42 Å². The fourth-order valence-electron chi connectivity index (χ4n) is 1.10. The van der Waals surface area contributed by atoms with Crippen LogP contribution in [0, 0.1) is 0 Å². The zero-order valence-electron chi connectivity index (χ0n) is 9.24. The predicted octanol–water partition coefficient (Wildman–Crippen LogP) is 0.671. The van der Waals surface area contributed by atoms with Crippen LogP contribution in [0.1, 0.15) is 26.2 Å². The van der Waals surface area contributed by atoms with Gasteiger partial charge in [-0.2, -0.15) is 8.42 Å². The number of ether oxygens (including phenoxy) is 1. The number of hydrogen-bond donors (Lipinski definition) is 2. The first-order valence-electron chi connectivity index (χ1n) is 5.30. The summed E-state index contributed by atoms with van der Waals surface area (Å²) >= 11 is 0. The first-order chi connectivity index (χ1) is 7.06. The van der Waals surface area contributed by atoms with Gasteiger partial charge in [0.05, 0.1) is 5.75 Å². The molecule has 15 heavy (non-hydrogen) atoms. The van der Waals surface area contributed by atoms with Crippen LogP contribution in [0.25, 0.3) is 0 Å². The molecule has 0 spiro atoms. The highest BCUT2D eigenvalue weighted by Crippen LogP contribution is 1.92. The van der Waals surface area contributed by atoms with Crippen molar-refractivity contribution in [1.29, 1.82) is 0 Å². The number of hydrogen-bond acceptors (Lipinski definition) is 4. The van der Waals surface area contributed by atoms with Gasteiger partial charge in [-0.1, -0.05) is 0 Å². The molecule has 5 nitrogen and oxygen atoms in total. The Morgan fingerprint density at radius 2 is 1.87 bits per heavy atom. The minimum atomic E-state index is -3.78. The summed E-state index contributed by atoms with van der Waals surface area (Å²) in [5, 5.41) is 3.17. The van der Waals surface area contributed by atoms with Gasteiger partial charge in [-0.3, -0.25) is 4.55 Å². The van der Waals surface area contributed by atoms with Crippen molar-refractivity contribution in [3.05, 3.63) is 0 Å². The minimum Gasteiger partial charge on any atom is -0.382 e. The Balaban J connectivity index is 3.06. The standard InChI is InChI=1S/C9H21NO4S/c1-2-14-8-5-7-10-6-3-4-9-15(11,12)13/h10H,2-9H2,1H3,(H,11,12,13). The predicted molar refractivity (Wildman–Crippen MR) is 59.6 cm³/mol. The van der Waals surface area contributed by atoms with Crippen LogP contribution in [0.15, 0.2) is 0 Å². The van der Waals surface area contributed by atoms with Crippen molar-refractivity contribution in [3.63, 3.8) is 0 Å². The van der Waals surface area contributed by atoms with E-state index in [1.54, 1.807) is 0 Å². The van der Waals surface area contributed by atoms with Crippen LogP contribution in [0.5, 0.6) is 0 Å². The molecule has 0 atom stereocenters. The molecule has 0 fully saturated rings. The van der Waals surface area contributed by atoms with E-state index < -0.39 is 10.1 Å². The summed E-state index contributed by atoms with van der Waals surface area (Å²) in [6.45, 7) is 5.12. The summed E-state index contributed by atoms with van der Waals surface area (Å²) in [6.07, 6.45) is 2.22. The molecule has 0 aromatic carbocycles. The van der Waals surface area contributed by atoms with Gasteiger partial charge in [-0.25, -0.2) is 0 Å². The van der Waals surface area contributed by atoms with Gasteiger partial charge in [0, 0.05) is 13.2 Å². The van der Waals surface area contributed by atoms with E-state index in [0.717, 1.165) is 39.1 Å². The van der Waals surface area contributed by atoms with Gasteiger partial charge in [0.25, 0.3) is 10.1 Å². The lowest BCUT2D eigenvalue weighted by Gasteiger charge is -2.04. The van der Waals surface area contributed by atoms with Crippen LogP contribution in [0.3, 0.4) is 0 Å². The molecule has 0 aliphatic rings. The maximum atomic E-state index is 10.4. The maximum absolute atomic E-state index is 10.4. The zero-order chi connectivity index (χ0) is 11.6. The summed E-state index contributed by atoms with van der Waals surface area (Å²) in [7, 11) is -3.78. The molecule has 0 aromatic rings. The zero-order valence-corrected chi connectivity index (χ0v) is 10.1. The van der Waals surface area contributed by atoms with Crippen molar-refractivity contribution in [2.75, 3.05) is 32.1 Å². The fraction of sp³-hybridized carbons (Fsp3) is 1.00. The summed E-state index contributed by atoms with van der Waals surface area (Å²) in [5.74, 6) is -0.145. The van der Waals surface area contributed by atoms with Gasteiger partial charge >= 0.3 is 0 Å². The molecule has 0 aliphatic heterocycles. The molecule has 0 aliphatic carbocycles. The molecule has 0 amide bonds. The highest BCUT2D eigenvalue weighted by Gasteiger charge is 2.02. The van der Waals surface area contributed by atoms with Crippen LogP contribution in [-0.4, -0.2) is 45.0 Å². The highest BCUT2D eigenvalue weighted by molar-refractivity contribution is 7.85. The van der Waals surface area contributed by atoms with Crippen molar-refractivity contribution < 1.29 is 17.7 Å². The first-order valence-corrected chi connectivity index (χ1v) is 6.91. The summed E-state index contributed by atoms with van der Waals surface area (Å²) in [5.41, 5.74) is 0. The van der Waals surface area contributed by atoms with E-state index in [-0.39, 0.29) is 5.75 Å². The Kier molecular flexibility index (Phi) is 8.98. The van der Waals surface area contributed by atoms with Gasteiger partial charge in [0.2, 0.25) is 0 Å². The Labute approximate surface area is 92.0 Å². The average Bonchev–Trinajstić information content (AvgIpc) is 2.14. The van der Waals surface area contributed by atoms with Crippen molar-refractivity contribution >= 4 is 10.1 Å². The number of unbranched alkanes of at least 4 members (excludes halogenated alkanes) is 1. The lowest BCUT2D eigenvalue weighted by atomic mass is 10.3. The van der Waals surface area contributed by atoms with Crippen LogP contribution >= 0.6 is 0 Å². The third-order valence-electron chi connectivity index (χ3n) is 1.85. The summed E-state index contributed by atoms with van der Waals surface area (Å²) in [4.78, 5) is 0. The topological polar surface area (TPSA) is 75.6 Å². The molecule has 0 saturated carbocycles. The lowest BCUT2D eigenvalue weighted by molar-refractivity contribution is 0.145. The SMILES string of the molecule is CCOCCCNCCCCS(=O)(=O)O. The van der Waals surface area contributed by atoms with Crippen molar-refractivity contribution in [3.8, 4) is 0 Å². The normalized spacial score (nSPS) is 11.9. The van der Waals surface area contributed by atoms with Gasteiger partial charge < -0.3 is 10.1 Å². The van der Waals surface area contributed by atoms with Crippen molar-refractivity contribution in [2.45, 2.75) is 26.2 Å². The second kappa shape index (κ2) is 9.08. The monoisotopic (exact) mass is 239 g/mol. The molecular formula is C9H21NO4S. The van der Waals surface area contributed by atoms with Crippen LogP contribution in [-0.2, 0) is 14.9 Å². The maximum Gasteiger partial charge on any atom is 0.264 e. The molecule has 0 heterocycles. The van der Waals surface area contributed by atoms with Gasteiger partial charge in [-0.05, 0) is 39.3 Å². The quantitative estimate of drug-likeness (QED) is 0.433. The summed E-state index contributed by atoms with van der Waals surface area (Å²) in [6, 6.07) is 0. The minimum absolute atomic E-state index is 0.145. The van der Waals surface area contributed by atoms with Crippen LogP contribution in [0.2, 0.25) is 0 Å². The molecule has 0 aromatic heterocycles. The molecule has 0 unspecified atom stereocenters. The second-order valence-corrected chi connectivity index (χ2v) is 4.87. The second-order valence-electron chi connectivity index (χ2n) is 3.29. The molecule has 0 rings (SSSR count). The van der Waals surface area contributed by atoms with Crippen LogP contribution in [0.4, 0.5) is 0 Å². The molecule has 2 N–H and O–H groups in total. The fourth-order valence-corrected chi connectivity index (χ4v) is 1.67. The third kappa shape index (κ3) is 13.8. The smallest absolute Gasteiger partial charge is 0.264 e. The van der Waals surface area contributed by atoms with E-state index in [0.29, 0.717) is 6.42 Å². The molecule has 0 radical (unpaired) electrons. The average molecular weight is 239 g/mol. The van der Waals surface area contributed by atoms with Gasteiger partial charge in [-0.15, -0.1) is 0 Å². The van der Waals surface area contributed by atoms with E-state index in [2.05, 4.69) is 5.32 Å². The Morgan fingerprint density at radius 1 is 1.20 bits per heavy atom. The van der Waals surface area contributed by atoms with E-state index in [1.165, 1.54) is 0 Å². The molecule has 92 valence electrons. The Hall–Kier alpha value is -0.170. The largest absolute Gasteiger partial charge is 0.382 e. The molecule has 0 saturated heterocycles. The van der Waals surface area contributed by atoms with Gasteiger partial charge in [0.15, 0.2) is 0 Å². The van der Waals surface area contributed by atoms with Gasteiger partial charge in [0.1, 0.15) is 0 Å². The Bertz CT molecular complexity index is 228. The summed E-state index contributed by atoms with van der Waals surface area (Å²) < 4.78 is 34.3. The highest BCUT2D eigenvalue weighted by atomic mass is 32.2. The van der Waals surface area contributed by atoms with E-state index >= 15 is 0 Å². The number of nitrogens with one attached hydrogen (secondary N) is 1. The third-order valence-corrected chi connectivity index (χ3v) is 2.66. The number of rotatable bonds is 10. The van der Waals surface area contributed by atoms with E-state index in [1.807, 2.05) is 6.92 Å². The van der Waals surface area contributed by atoms with E-state index in [4.69, 9.17) is 9.29 Å². The van der Waals surface area contributed by atoms with Crippen molar-refractivity contribution in [2.24, 2.45) is 0 Å². The van der Waals surface area contributed by atoms with Crippen LogP contribution < -0.4 is 5.32 Å². The molecular weight excluding hydrogens is 218 g/mol. The molecule has 0 bridgehead atoms. The van der Waals surface area contributed by atoms with Crippen molar-refractivity contribution in [1.82, 2.24) is 5.32 Å². The first kappa shape index (κ1) is 14.8. The molecule has 6 heteroatoms. The Morgan fingerprint density at radius 3 is 2.47 bits per heavy atom.